The van der Waals surface area contributed by atoms with Gasteiger partial charge in [0.25, 0.3) is 0 Å². The summed E-state index contributed by atoms with van der Waals surface area (Å²) in [5.41, 5.74) is 16.3. The molecule has 17 heteroatoms. The van der Waals surface area contributed by atoms with Crippen LogP contribution in [0.4, 0.5) is 0 Å². The lowest BCUT2D eigenvalue weighted by Gasteiger charge is -2.40. The van der Waals surface area contributed by atoms with Crippen molar-refractivity contribution in [1.82, 2.24) is 41.9 Å². The Morgan fingerprint density at radius 3 is 1.87 bits per heavy atom. The van der Waals surface area contributed by atoms with Gasteiger partial charge in [0.15, 0.2) is 0 Å². The van der Waals surface area contributed by atoms with Gasteiger partial charge in [0.1, 0.15) is 5.82 Å². The first kappa shape index (κ1) is 55.6. The molecule has 0 saturated heterocycles. The van der Waals surface area contributed by atoms with Crippen LogP contribution in [0.15, 0.2) is 12.4 Å². The van der Waals surface area contributed by atoms with E-state index in [4.69, 9.17) is 17.2 Å². The van der Waals surface area contributed by atoms with Crippen molar-refractivity contribution in [1.29, 1.82) is 0 Å². The van der Waals surface area contributed by atoms with Crippen molar-refractivity contribution in [2.75, 3.05) is 81.9 Å². The molecule has 4 atom stereocenters. The number of nitrogens with one attached hydrogen (secondary N) is 7. The summed E-state index contributed by atoms with van der Waals surface area (Å²) in [6.45, 7) is 16.5. The average molecular weight is 884 g/mol. The van der Waals surface area contributed by atoms with E-state index in [0.29, 0.717) is 78.2 Å². The maximum absolute atomic E-state index is 14.5. The number of rotatable bonds is 38. The number of hydrogen-bond donors (Lipinski definition) is 10. The van der Waals surface area contributed by atoms with E-state index in [-0.39, 0.29) is 42.4 Å². The zero-order valence-corrected chi connectivity index (χ0v) is 39.7. The van der Waals surface area contributed by atoms with Gasteiger partial charge in [-0.2, -0.15) is 23.5 Å². The van der Waals surface area contributed by atoms with Crippen LogP contribution >= 0.6 is 23.5 Å². The molecule has 0 spiro atoms. The van der Waals surface area contributed by atoms with Crippen LogP contribution in [0.25, 0.3) is 0 Å². The van der Waals surface area contributed by atoms with Gasteiger partial charge < -0.3 is 54.1 Å². The number of unbranched alkanes of at least 4 members (excludes halogenated alkanes) is 4. The second-order valence-electron chi connectivity index (χ2n) is 16.9. The second-order valence-corrected chi connectivity index (χ2v) is 19.4. The topological polar surface area (TPSA) is 247 Å². The van der Waals surface area contributed by atoms with E-state index in [1.165, 1.54) is 6.42 Å². The highest BCUT2D eigenvalue weighted by atomic mass is 32.2. The highest BCUT2D eigenvalue weighted by Crippen LogP contribution is 2.36. The molecule has 1 aromatic rings. The normalized spacial score (nSPS) is 13.9. The Hall–Kier alpha value is -2.41. The number of nitrogens with zero attached hydrogens (tertiary/aromatic N) is 1. The number of imidazole rings is 1. The molecule has 4 amide bonds. The zero-order chi connectivity index (χ0) is 44.7. The van der Waals surface area contributed by atoms with Gasteiger partial charge in [-0.3, -0.25) is 19.2 Å². The Morgan fingerprint density at radius 2 is 1.32 bits per heavy atom. The summed E-state index contributed by atoms with van der Waals surface area (Å²) in [6, 6.07) is -0.536. The molecular weight excluding hydrogens is 799 g/mol. The van der Waals surface area contributed by atoms with Crippen molar-refractivity contribution in [2.24, 2.45) is 40.4 Å². The van der Waals surface area contributed by atoms with E-state index in [2.05, 4.69) is 55.7 Å². The fraction of sp³-hybridized carbons (Fsp3) is 0.837. The predicted molar refractivity (Wildman–Crippen MR) is 252 cm³/mol. The van der Waals surface area contributed by atoms with Gasteiger partial charge in [-0.15, -0.1) is 0 Å². The fourth-order valence-corrected chi connectivity index (χ4v) is 9.39. The molecule has 348 valence electrons. The number of aromatic nitrogens is 2. The molecule has 0 saturated carbocycles. The number of carbonyl (C=O) groups is 4. The van der Waals surface area contributed by atoms with Crippen LogP contribution in [0, 0.1) is 23.2 Å². The van der Waals surface area contributed by atoms with Gasteiger partial charge in [0.05, 0.1) is 5.92 Å². The molecule has 0 aromatic carbocycles. The molecular formula is C43H85N11O4S2. The van der Waals surface area contributed by atoms with Crippen molar-refractivity contribution >= 4 is 47.2 Å². The SMILES string of the molecule is CCCCCSCCC(NC(=O)CC(C(=O)NCCNCCN)C(CCSCCCCC)C(C)(C)N)C(CC(=O)NCCNCCN)C(C)(C)C(=O)NCCc1ncc[nH]1. The smallest absolute Gasteiger partial charge is 0.226 e. The van der Waals surface area contributed by atoms with Crippen LogP contribution in [0.2, 0.25) is 0 Å². The van der Waals surface area contributed by atoms with Crippen LogP contribution < -0.4 is 49.1 Å². The van der Waals surface area contributed by atoms with Gasteiger partial charge in [0.2, 0.25) is 23.6 Å². The molecule has 1 heterocycles. The van der Waals surface area contributed by atoms with E-state index >= 15 is 0 Å². The highest BCUT2D eigenvalue weighted by molar-refractivity contribution is 7.99. The van der Waals surface area contributed by atoms with Crippen LogP contribution in [0.1, 0.15) is 112 Å². The first-order chi connectivity index (χ1) is 28.7. The zero-order valence-electron chi connectivity index (χ0n) is 38.1. The standard InChI is InChI=1S/C43H85N11O4S2/c1-7-9-11-27-59-29-14-34(43(5,6)46)33(40(57)52-24-22-48-20-17-45)31-39(56)54-36(15-30-60-28-12-10-8-2)35(32-38(55)51-23-21-47-19-16-44)42(3,4)41(58)53-18-13-37-49-25-26-50-37/h25-26,33-36,47-48H,7-24,27-32,44-46H2,1-6H3,(H,49,50)(H,51,55)(H,52,57)(H,53,58)(H,54,56). The number of amides is 4. The average Bonchev–Trinajstić information content (AvgIpc) is 3.72. The molecule has 0 radical (unpaired) electrons. The Labute approximate surface area is 371 Å². The maximum Gasteiger partial charge on any atom is 0.226 e. The Bertz CT molecular complexity index is 1280. The molecule has 13 N–H and O–H groups in total. The largest absolute Gasteiger partial charge is 0.355 e. The van der Waals surface area contributed by atoms with Crippen molar-refractivity contribution < 1.29 is 19.2 Å². The molecule has 0 aliphatic carbocycles. The molecule has 0 bridgehead atoms. The van der Waals surface area contributed by atoms with E-state index in [1.54, 1.807) is 12.4 Å². The Morgan fingerprint density at radius 1 is 0.717 bits per heavy atom. The number of H-pyrrole nitrogens is 1. The third-order valence-electron chi connectivity index (χ3n) is 10.9. The summed E-state index contributed by atoms with van der Waals surface area (Å²) in [4.78, 5) is 63.7. The lowest BCUT2D eigenvalue weighted by Crippen LogP contribution is -2.54. The Balaban J connectivity index is 3.50. The minimum atomic E-state index is -1.06. The van der Waals surface area contributed by atoms with E-state index in [0.717, 1.165) is 60.9 Å². The number of hydrogen-bond acceptors (Lipinski definition) is 12. The van der Waals surface area contributed by atoms with Gasteiger partial charge in [-0.1, -0.05) is 53.4 Å². The van der Waals surface area contributed by atoms with Gasteiger partial charge in [0, 0.05) is 113 Å². The van der Waals surface area contributed by atoms with E-state index < -0.39 is 28.8 Å². The van der Waals surface area contributed by atoms with Crippen LogP contribution in [-0.4, -0.2) is 127 Å². The van der Waals surface area contributed by atoms with E-state index in [1.807, 2.05) is 51.2 Å². The molecule has 0 aliphatic heterocycles. The number of thioether (sulfide) groups is 2. The van der Waals surface area contributed by atoms with Crippen molar-refractivity contribution in [3.63, 3.8) is 0 Å². The summed E-state index contributed by atoms with van der Waals surface area (Å²) >= 11 is 3.68. The van der Waals surface area contributed by atoms with Crippen molar-refractivity contribution in [3.05, 3.63) is 18.2 Å². The first-order valence-electron chi connectivity index (χ1n) is 22.6. The lowest BCUT2D eigenvalue weighted by molar-refractivity contribution is -0.137. The summed E-state index contributed by atoms with van der Waals surface area (Å²) in [5.74, 6) is 1.88. The van der Waals surface area contributed by atoms with Crippen LogP contribution in [0.5, 0.6) is 0 Å². The third-order valence-corrected chi connectivity index (χ3v) is 13.1. The number of aromatic amines is 1. The summed E-state index contributed by atoms with van der Waals surface area (Å²) in [7, 11) is 0. The fourth-order valence-electron chi connectivity index (χ4n) is 7.33. The Kier molecular flexibility index (Phi) is 30.8. The third kappa shape index (κ3) is 24.3. The summed E-state index contributed by atoms with van der Waals surface area (Å²) in [5, 5.41) is 18.9. The molecule has 1 aromatic heterocycles. The predicted octanol–water partition coefficient (Wildman–Crippen LogP) is 2.90. The first-order valence-corrected chi connectivity index (χ1v) is 24.9. The van der Waals surface area contributed by atoms with Crippen LogP contribution in [-0.2, 0) is 25.6 Å². The molecule has 0 aliphatic rings. The van der Waals surface area contributed by atoms with Gasteiger partial charge >= 0.3 is 0 Å². The van der Waals surface area contributed by atoms with E-state index in [9.17, 15) is 19.2 Å². The maximum atomic E-state index is 14.5. The van der Waals surface area contributed by atoms with Gasteiger partial charge in [-0.05, 0) is 68.5 Å². The highest BCUT2D eigenvalue weighted by Gasteiger charge is 2.44. The molecule has 60 heavy (non-hydrogen) atoms. The molecule has 0 fully saturated rings. The number of nitrogens with two attached hydrogens (primary N) is 3. The lowest BCUT2D eigenvalue weighted by atomic mass is 9.71. The minimum Gasteiger partial charge on any atom is -0.355 e. The van der Waals surface area contributed by atoms with Gasteiger partial charge in [-0.25, -0.2) is 4.98 Å². The molecule has 15 nitrogen and oxygen atoms in total. The monoisotopic (exact) mass is 884 g/mol. The molecule has 4 unspecified atom stereocenters. The van der Waals surface area contributed by atoms with Crippen molar-refractivity contribution in [2.45, 2.75) is 124 Å². The van der Waals surface area contributed by atoms with Crippen molar-refractivity contribution in [3.8, 4) is 0 Å². The van der Waals surface area contributed by atoms with Crippen LogP contribution in [0.3, 0.4) is 0 Å². The molecule has 1 rings (SSSR count). The summed E-state index contributed by atoms with van der Waals surface area (Å²) in [6.07, 6.45) is 12.0. The quantitative estimate of drug-likeness (QED) is 0.0431. The summed E-state index contributed by atoms with van der Waals surface area (Å²) < 4.78 is 0. The minimum absolute atomic E-state index is 0.0222. The number of carbonyl (C=O) groups excluding carboxylic acids is 4. The second kappa shape index (κ2) is 33.2.